The average Bonchev–Trinajstić information content (AvgIpc) is 3.16. The van der Waals surface area contributed by atoms with Crippen LogP contribution in [-0.2, 0) is 20.0 Å². The zero-order valence-electron chi connectivity index (χ0n) is 16.6. The molecule has 1 aromatic heterocycles. The van der Waals surface area contributed by atoms with Crippen LogP contribution in [0, 0.1) is 0 Å². The van der Waals surface area contributed by atoms with Gasteiger partial charge in [0.2, 0.25) is 0 Å². The zero-order chi connectivity index (χ0) is 22.9. The molecule has 0 spiro atoms. The number of para-hydroxylation sites is 1. The molecular formula is C21H17N3O6S2. The molecule has 0 saturated heterocycles. The topological polar surface area (TPSA) is 135 Å². The molecule has 11 heteroatoms. The van der Waals surface area contributed by atoms with Gasteiger partial charge in [-0.05, 0) is 42.5 Å². The van der Waals surface area contributed by atoms with Gasteiger partial charge in [-0.15, -0.1) is 0 Å². The number of hydrogen-bond donors (Lipinski definition) is 2. The third-order valence-corrected chi connectivity index (χ3v) is 6.91. The quantitative estimate of drug-likeness (QED) is 0.413. The molecule has 0 atom stereocenters. The highest BCUT2D eigenvalue weighted by Gasteiger charge is 2.23. The Hall–Kier alpha value is -3.70. The molecule has 0 aliphatic rings. The van der Waals surface area contributed by atoms with Crippen LogP contribution in [0.2, 0.25) is 0 Å². The lowest BCUT2D eigenvalue weighted by Gasteiger charge is -2.10. The Morgan fingerprint density at radius 3 is 2.34 bits per heavy atom. The molecule has 1 amide bonds. The van der Waals surface area contributed by atoms with Crippen molar-refractivity contribution >= 4 is 42.6 Å². The average molecular weight is 472 g/mol. The summed E-state index contributed by atoms with van der Waals surface area (Å²) in [7, 11) is -8.09. The number of H-pyrrole nitrogens is 1. The Morgan fingerprint density at radius 2 is 1.62 bits per heavy atom. The number of sulfone groups is 1. The van der Waals surface area contributed by atoms with Gasteiger partial charge in [0.1, 0.15) is 9.79 Å². The molecule has 3 aromatic carbocycles. The van der Waals surface area contributed by atoms with Crippen molar-refractivity contribution < 1.29 is 25.8 Å². The molecule has 0 radical (unpaired) electrons. The van der Waals surface area contributed by atoms with Crippen LogP contribution in [0.25, 0.3) is 10.9 Å². The summed E-state index contributed by atoms with van der Waals surface area (Å²) in [6, 6.07) is 18.0. The van der Waals surface area contributed by atoms with Crippen LogP contribution in [0.1, 0.15) is 10.4 Å². The standard InChI is InChI=1S/C21H17N3O6S2/c1-31(26,27)19-10-6-5-9-18(19)30-32(28,29)15-11-12-17-16(13-15)20(24-23-17)22-21(25)14-7-3-2-4-8-14/h2-13H,1H3,(H2,22,23,24,25). The van der Waals surface area contributed by atoms with Crippen molar-refractivity contribution in [3.05, 3.63) is 78.4 Å². The Morgan fingerprint density at radius 1 is 0.938 bits per heavy atom. The second-order valence-corrected chi connectivity index (χ2v) is 10.4. The van der Waals surface area contributed by atoms with E-state index in [2.05, 4.69) is 15.5 Å². The maximum Gasteiger partial charge on any atom is 0.339 e. The maximum atomic E-state index is 12.9. The van der Waals surface area contributed by atoms with Gasteiger partial charge in [0.15, 0.2) is 21.4 Å². The number of anilines is 1. The molecule has 164 valence electrons. The van der Waals surface area contributed by atoms with E-state index in [0.29, 0.717) is 16.5 Å². The molecule has 4 rings (SSSR count). The Kier molecular flexibility index (Phi) is 5.45. The minimum absolute atomic E-state index is 0.141. The lowest BCUT2D eigenvalue weighted by Crippen LogP contribution is -2.13. The number of amides is 1. The van der Waals surface area contributed by atoms with Crippen molar-refractivity contribution in [1.82, 2.24) is 10.2 Å². The second-order valence-electron chi connectivity index (χ2n) is 6.86. The van der Waals surface area contributed by atoms with E-state index in [-0.39, 0.29) is 21.4 Å². The molecule has 0 aliphatic carbocycles. The number of hydrogen-bond acceptors (Lipinski definition) is 7. The lowest BCUT2D eigenvalue weighted by atomic mass is 10.2. The van der Waals surface area contributed by atoms with E-state index in [9.17, 15) is 21.6 Å². The summed E-state index contributed by atoms with van der Waals surface area (Å²) in [5, 5.41) is 9.75. The predicted octanol–water partition coefficient (Wildman–Crippen LogP) is 2.99. The Balaban J connectivity index is 1.68. The summed E-state index contributed by atoms with van der Waals surface area (Å²) in [6.07, 6.45) is 0.959. The molecular weight excluding hydrogens is 454 g/mol. The van der Waals surface area contributed by atoms with Crippen molar-refractivity contribution in [2.45, 2.75) is 9.79 Å². The van der Waals surface area contributed by atoms with Gasteiger partial charge in [0, 0.05) is 17.2 Å². The van der Waals surface area contributed by atoms with Crippen LogP contribution < -0.4 is 9.50 Å². The fourth-order valence-electron chi connectivity index (χ4n) is 3.00. The van der Waals surface area contributed by atoms with Crippen LogP contribution in [-0.4, -0.2) is 39.2 Å². The van der Waals surface area contributed by atoms with Crippen molar-refractivity contribution in [2.24, 2.45) is 0 Å². The number of aromatic amines is 1. The molecule has 2 N–H and O–H groups in total. The largest absolute Gasteiger partial charge is 0.378 e. The molecule has 32 heavy (non-hydrogen) atoms. The molecule has 0 aliphatic heterocycles. The first-order valence-electron chi connectivity index (χ1n) is 9.23. The van der Waals surface area contributed by atoms with Gasteiger partial charge in [-0.1, -0.05) is 30.3 Å². The number of rotatable bonds is 6. The van der Waals surface area contributed by atoms with Crippen molar-refractivity contribution in [3.63, 3.8) is 0 Å². The number of fused-ring (bicyclic) bond motifs is 1. The summed E-state index contributed by atoms with van der Waals surface area (Å²) in [4.78, 5) is 12.0. The normalized spacial score (nSPS) is 11.9. The predicted molar refractivity (Wildman–Crippen MR) is 118 cm³/mol. The number of nitrogens with zero attached hydrogens (tertiary/aromatic N) is 1. The van der Waals surface area contributed by atoms with E-state index in [1.807, 2.05) is 0 Å². The maximum absolute atomic E-state index is 12.9. The highest BCUT2D eigenvalue weighted by molar-refractivity contribution is 7.91. The fourth-order valence-corrected chi connectivity index (χ4v) is 4.83. The van der Waals surface area contributed by atoms with E-state index in [1.165, 1.54) is 42.5 Å². The minimum Gasteiger partial charge on any atom is -0.378 e. The fraction of sp³-hybridized carbons (Fsp3) is 0.0476. The van der Waals surface area contributed by atoms with Crippen molar-refractivity contribution in [2.75, 3.05) is 11.6 Å². The summed E-state index contributed by atoms with van der Waals surface area (Å²) in [5.41, 5.74) is 0.900. The van der Waals surface area contributed by atoms with Crippen LogP contribution >= 0.6 is 0 Å². The van der Waals surface area contributed by atoms with Crippen LogP contribution in [0.4, 0.5) is 5.82 Å². The minimum atomic E-state index is -4.38. The number of carbonyl (C=O) groups excluding carboxylic acids is 1. The first-order valence-corrected chi connectivity index (χ1v) is 12.5. The van der Waals surface area contributed by atoms with Gasteiger partial charge in [-0.3, -0.25) is 9.89 Å². The number of carbonyl (C=O) groups is 1. The summed E-state index contributed by atoms with van der Waals surface area (Å²) < 4.78 is 54.8. The number of aromatic nitrogens is 2. The number of nitrogens with one attached hydrogen (secondary N) is 2. The van der Waals surface area contributed by atoms with Crippen molar-refractivity contribution in [3.8, 4) is 5.75 Å². The second kappa shape index (κ2) is 8.09. The summed E-state index contributed by atoms with van der Waals surface area (Å²) in [6.45, 7) is 0. The summed E-state index contributed by atoms with van der Waals surface area (Å²) >= 11 is 0. The van der Waals surface area contributed by atoms with Gasteiger partial charge in [0.05, 0.1) is 5.52 Å². The lowest BCUT2D eigenvalue weighted by molar-refractivity contribution is 0.102. The highest BCUT2D eigenvalue weighted by atomic mass is 32.2. The van der Waals surface area contributed by atoms with Crippen molar-refractivity contribution in [1.29, 1.82) is 0 Å². The van der Waals surface area contributed by atoms with Gasteiger partial charge < -0.3 is 9.50 Å². The molecule has 0 unspecified atom stereocenters. The molecule has 4 aromatic rings. The van der Waals surface area contributed by atoms with Gasteiger partial charge in [-0.25, -0.2) is 8.42 Å². The molecule has 0 saturated carbocycles. The van der Waals surface area contributed by atoms with Crippen LogP contribution in [0.5, 0.6) is 5.75 Å². The van der Waals surface area contributed by atoms with Gasteiger partial charge >= 0.3 is 10.1 Å². The van der Waals surface area contributed by atoms with Crippen LogP contribution in [0.15, 0.2) is 82.6 Å². The third-order valence-electron chi connectivity index (χ3n) is 4.54. The van der Waals surface area contributed by atoms with Crippen LogP contribution in [0.3, 0.4) is 0 Å². The highest BCUT2D eigenvalue weighted by Crippen LogP contribution is 2.29. The Labute approximate surface area is 184 Å². The summed E-state index contributed by atoms with van der Waals surface area (Å²) in [5.74, 6) is -0.576. The van der Waals surface area contributed by atoms with Gasteiger partial charge in [-0.2, -0.15) is 13.5 Å². The monoisotopic (exact) mass is 471 g/mol. The molecule has 0 fully saturated rings. The third kappa shape index (κ3) is 4.34. The molecule has 1 heterocycles. The number of benzene rings is 3. The van der Waals surface area contributed by atoms with E-state index in [4.69, 9.17) is 4.18 Å². The van der Waals surface area contributed by atoms with E-state index in [1.54, 1.807) is 30.3 Å². The zero-order valence-corrected chi connectivity index (χ0v) is 18.3. The van der Waals surface area contributed by atoms with E-state index < -0.39 is 25.9 Å². The van der Waals surface area contributed by atoms with E-state index >= 15 is 0 Å². The van der Waals surface area contributed by atoms with Gasteiger partial charge in [0.25, 0.3) is 5.91 Å². The Bertz CT molecular complexity index is 1530. The first kappa shape index (κ1) is 21.5. The van der Waals surface area contributed by atoms with E-state index in [0.717, 1.165) is 6.26 Å². The first-order chi connectivity index (χ1) is 15.1. The SMILES string of the molecule is CS(=O)(=O)c1ccccc1OS(=O)(=O)c1ccc2[nH]nc(NC(=O)c3ccccc3)c2c1. The molecule has 9 nitrogen and oxygen atoms in total. The molecule has 0 bridgehead atoms. The smallest absolute Gasteiger partial charge is 0.339 e.